The molecular formula is C15H16N6. The first-order valence-electron chi connectivity index (χ1n) is 6.73. The number of rotatable bonds is 7. The Morgan fingerprint density at radius 2 is 1.67 bits per heavy atom. The zero-order valence-electron chi connectivity index (χ0n) is 11.7. The first kappa shape index (κ1) is 14.7. The lowest BCUT2D eigenvalue weighted by molar-refractivity contribution is 0.217. The van der Waals surface area contributed by atoms with E-state index in [1.54, 1.807) is 18.6 Å². The molecule has 0 unspecified atom stereocenters. The molecule has 0 aliphatic heterocycles. The third-order valence-electron chi connectivity index (χ3n) is 3.11. The number of pyridine rings is 1. The predicted octanol–water partition coefficient (Wildman–Crippen LogP) is 2.03. The van der Waals surface area contributed by atoms with Gasteiger partial charge >= 0.3 is 0 Å². The van der Waals surface area contributed by atoms with Crippen LogP contribution in [-0.4, -0.2) is 32.8 Å². The maximum absolute atomic E-state index is 8.73. The van der Waals surface area contributed by atoms with E-state index >= 15 is 0 Å². The van der Waals surface area contributed by atoms with Crippen molar-refractivity contribution in [2.45, 2.75) is 19.5 Å². The number of nitriles is 2. The van der Waals surface area contributed by atoms with E-state index in [1.807, 2.05) is 22.9 Å². The summed E-state index contributed by atoms with van der Waals surface area (Å²) in [7, 11) is 0. The standard InChI is InChI=1S/C15H16N6/c16-6-1-11-20(12-2-7-17)13-21-15(5-10-19-21)14-3-8-18-9-4-14/h3-5,8-10H,1-2,11-13H2. The van der Waals surface area contributed by atoms with E-state index in [0.29, 0.717) is 32.6 Å². The van der Waals surface area contributed by atoms with Crippen molar-refractivity contribution in [3.63, 3.8) is 0 Å². The molecule has 2 aromatic heterocycles. The average molecular weight is 280 g/mol. The largest absolute Gasteiger partial charge is 0.282 e. The highest BCUT2D eigenvalue weighted by Crippen LogP contribution is 2.18. The highest BCUT2D eigenvalue weighted by molar-refractivity contribution is 5.58. The van der Waals surface area contributed by atoms with Gasteiger partial charge in [0, 0.05) is 50.1 Å². The molecule has 0 aliphatic rings. The number of aromatic nitrogens is 3. The van der Waals surface area contributed by atoms with Crippen LogP contribution in [0.25, 0.3) is 11.3 Å². The summed E-state index contributed by atoms with van der Waals surface area (Å²) >= 11 is 0. The minimum atomic E-state index is 0.442. The van der Waals surface area contributed by atoms with Gasteiger partial charge < -0.3 is 0 Å². The molecule has 6 nitrogen and oxygen atoms in total. The second kappa shape index (κ2) is 7.78. The third kappa shape index (κ3) is 4.13. The van der Waals surface area contributed by atoms with Crippen molar-refractivity contribution < 1.29 is 0 Å². The van der Waals surface area contributed by atoms with E-state index in [-0.39, 0.29) is 0 Å². The summed E-state index contributed by atoms with van der Waals surface area (Å²) < 4.78 is 1.88. The molecule has 21 heavy (non-hydrogen) atoms. The number of hydrogen-bond donors (Lipinski definition) is 0. The predicted molar refractivity (Wildman–Crippen MR) is 77.5 cm³/mol. The molecule has 0 radical (unpaired) electrons. The lowest BCUT2D eigenvalue weighted by Gasteiger charge is -2.21. The Morgan fingerprint density at radius 1 is 1.00 bits per heavy atom. The maximum atomic E-state index is 8.73. The van der Waals surface area contributed by atoms with E-state index < -0.39 is 0 Å². The van der Waals surface area contributed by atoms with E-state index in [4.69, 9.17) is 10.5 Å². The van der Waals surface area contributed by atoms with Gasteiger partial charge in [0.2, 0.25) is 0 Å². The van der Waals surface area contributed by atoms with Crippen molar-refractivity contribution in [3.8, 4) is 23.4 Å². The summed E-state index contributed by atoms with van der Waals surface area (Å²) in [5.74, 6) is 0. The van der Waals surface area contributed by atoms with Gasteiger partial charge in [0.15, 0.2) is 0 Å². The van der Waals surface area contributed by atoms with Crippen LogP contribution in [0, 0.1) is 22.7 Å². The summed E-state index contributed by atoms with van der Waals surface area (Å²) in [6, 6.07) is 10.1. The van der Waals surface area contributed by atoms with Gasteiger partial charge in [0.25, 0.3) is 0 Å². The second-order valence-corrected chi connectivity index (χ2v) is 4.53. The first-order valence-corrected chi connectivity index (χ1v) is 6.73. The van der Waals surface area contributed by atoms with Crippen molar-refractivity contribution in [2.75, 3.05) is 13.1 Å². The Hall–Kier alpha value is -2.70. The van der Waals surface area contributed by atoms with Gasteiger partial charge in [-0.2, -0.15) is 15.6 Å². The lowest BCUT2D eigenvalue weighted by atomic mass is 10.2. The van der Waals surface area contributed by atoms with Crippen LogP contribution in [0.3, 0.4) is 0 Å². The Morgan fingerprint density at radius 3 is 2.29 bits per heavy atom. The minimum Gasteiger partial charge on any atom is -0.282 e. The zero-order valence-corrected chi connectivity index (χ0v) is 11.7. The van der Waals surface area contributed by atoms with Crippen LogP contribution >= 0.6 is 0 Å². The second-order valence-electron chi connectivity index (χ2n) is 4.53. The van der Waals surface area contributed by atoms with Crippen LogP contribution in [-0.2, 0) is 6.67 Å². The molecule has 2 rings (SSSR count). The average Bonchev–Trinajstić information content (AvgIpc) is 2.99. The zero-order chi connectivity index (χ0) is 14.9. The van der Waals surface area contributed by atoms with Crippen LogP contribution in [0.5, 0.6) is 0 Å². The molecule has 0 amide bonds. The van der Waals surface area contributed by atoms with Crippen LogP contribution in [0.1, 0.15) is 12.8 Å². The highest BCUT2D eigenvalue weighted by Gasteiger charge is 2.10. The molecular weight excluding hydrogens is 264 g/mol. The van der Waals surface area contributed by atoms with Crippen molar-refractivity contribution in [1.82, 2.24) is 19.7 Å². The normalized spacial score (nSPS) is 10.2. The van der Waals surface area contributed by atoms with E-state index in [0.717, 1.165) is 11.3 Å². The first-order chi connectivity index (χ1) is 10.3. The topological polar surface area (TPSA) is 81.5 Å². The molecule has 0 N–H and O–H groups in total. The van der Waals surface area contributed by atoms with Gasteiger partial charge in [0.1, 0.15) is 0 Å². The molecule has 106 valence electrons. The van der Waals surface area contributed by atoms with Crippen LogP contribution in [0.15, 0.2) is 36.8 Å². The lowest BCUT2D eigenvalue weighted by Crippen LogP contribution is -2.29. The summed E-state index contributed by atoms with van der Waals surface area (Å²) in [6.45, 7) is 1.83. The van der Waals surface area contributed by atoms with Crippen molar-refractivity contribution in [2.24, 2.45) is 0 Å². The summed E-state index contributed by atoms with van der Waals surface area (Å²) in [4.78, 5) is 6.07. The molecule has 2 heterocycles. The summed E-state index contributed by atoms with van der Waals surface area (Å²) in [5, 5.41) is 21.8. The fourth-order valence-electron chi connectivity index (χ4n) is 2.07. The van der Waals surface area contributed by atoms with Gasteiger partial charge in [-0.1, -0.05) is 0 Å². The quantitative estimate of drug-likeness (QED) is 0.775. The van der Waals surface area contributed by atoms with Gasteiger partial charge in [-0.15, -0.1) is 0 Å². The monoisotopic (exact) mass is 280 g/mol. The number of hydrogen-bond acceptors (Lipinski definition) is 5. The van der Waals surface area contributed by atoms with Crippen molar-refractivity contribution in [3.05, 3.63) is 36.8 Å². The van der Waals surface area contributed by atoms with Crippen LogP contribution in [0.4, 0.5) is 0 Å². The van der Waals surface area contributed by atoms with E-state index in [1.165, 1.54) is 0 Å². The molecule has 0 aromatic carbocycles. The molecule has 0 fully saturated rings. The van der Waals surface area contributed by atoms with Gasteiger partial charge in [-0.05, 0) is 18.2 Å². The number of nitrogens with zero attached hydrogens (tertiary/aromatic N) is 6. The van der Waals surface area contributed by atoms with Gasteiger partial charge in [-0.25, -0.2) is 0 Å². The molecule has 0 bridgehead atoms. The summed E-state index contributed by atoms with van der Waals surface area (Å²) in [5.41, 5.74) is 2.04. The Labute approximate surface area is 123 Å². The van der Waals surface area contributed by atoms with Crippen LogP contribution < -0.4 is 0 Å². The van der Waals surface area contributed by atoms with Crippen LogP contribution in [0.2, 0.25) is 0 Å². The fraction of sp³-hybridized carbons (Fsp3) is 0.333. The molecule has 0 spiro atoms. The Bertz CT molecular complexity index is 616. The molecule has 6 heteroatoms. The molecule has 2 aromatic rings. The van der Waals surface area contributed by atoms with Crippen molar-refractivity contribution >= 4 is 0 Å². The molecule has 0 aliphatic carbocycles. The summed E-state index contributed by atoms with van der Waals surface area (Å²) in [6.07, 6.45) is 6.13. The molecule has 0 saturated carbocycles. The van der Waals surface area contributed by atoms with Gasteiger partial charge in [-0.3, -0.25) is 14.6 Å². The Balaban J connectivity index is 2.12. The minimum absolute atomic E-state index is 0.442. The molecule has 0 atom stereocenters. The Kier molecular flexibility index (Phi) is 5.45. The fourth-order valence-corrected chi connectivity index (χ4v) is 2.07. The van der Waals surface area contributed by atoms with Crippen molar-refractivity contribution in [1.29, 1.82) is 10.5 Å². The van der Waals surface area contributed by atoms with E-state index in [2.05, 4.69) is 27.1 Å². The van der Waals surface area contributed by atoms with E-state index in [9.17, 15) is 0 Å². The molecule has 0 saturated heterocycles. The third-order valence-corrected chi connectivity index (χ3v) is 3.11. The van der Waals surface area contributed by atoms with Gasteiger partial charge in [0.05, 0.1) is 24.5 Å². The highest BCUT2D eigenvalue weighted by atomic mass is 15.4. The smallest absolute Gasteiger partial charge is 0.0936 e. The SMILES string of the molecule is N#CCCN(CCC#N)Cn1nccc1-c1ccncc1. The maximum Gasteiger partial charge on any atom is 0.0936 e.